The van der Waals surface area contributed by atoms with Crippen LogP contribution in [0.3, 0.4) is 0 Å². The predicted octanol–water partition coefficient (Wildman–Crippen LogP) is 2.66. The van der Waals surface area contributed by atoms with Crippen LogP contribution in [0.2, 0.25) is 0 Å². The van der Waals surface area contributed by atoms with Crippen molar-refractivity contribution < 1.29 is 9.53 Å². The van der Waals surface area contributed by atoms with Gasteiger partial charge in [-0.3, -0.25) is 14.4 Å². The Balaban J connectivity index is 2.16. The van der Waals surface area contributed by atoms with Gasteiger partial charge in [0.1, 0.15) is 6.04 Å². The Bertz CT molecular complexity index is 501. The Morgan fingerprint density at radius 1 is 1.43 bits per heavy atom. The molecule has 1 saturated heterocycles. The number of halogens is 1. The van der Waals surface area contributed by atoms with Gasteiger partial charge in [0, 0.05) is 13.6 Å². The van der Waals surface area contributed by atoms with Crippen molar-refractivity contribution in [3.8, 4) is 0 Å². The summed E-state index contributed by atoms with van der Waals surface area (Å²) in [6, 6.07) is -0.120. The van der Waals surface area contributed by atoms with Gasteiger partial charge < -0.3 is 4.74 Å². The van der Waals surface area contributed by atoms with Gasteiger partial charge in [-0.05, 0) is 48.7 Å². The van der Waals surface area contributed by atoms with E-state index in [0.717, 1.165) is 54.6 Å². The van der Waals surface area contributed by atoms with E-state index in [2.05, 4.69) is 32.9 Å². The minimum absolute atomic E-state index is 0.0915. The third-order valence-corrected chi connectivity index (χ3v) is 4.94. The molecule has 5 nitrogen and oxygen atoms in total. The molecule has 0 aliphatic carbocycles. The van der Waals surface area contributed by atoms with Crippen molar-refractivity contribution in [2.24, 2.45) is 7.05 Å². The second-order valence-corrected chi connectivity index (χ2v) is 6.21. The van der Waals surface area contributed by atoms with Crippen molar-refractivity contribution in [2.75, 3.05) is 13.2 Å². The number of nitrogens with zero attached hydrogens (tertiary/aromatic N) is 3. The van der Waals surface area contributed by atoms with E-state index >= 15 is 0 Å². The SMILES string of the molecule is CCOC(=O)C1CCCCN1Cc1c(Br)c(CC)nn1C. The molecule has 1 aromatic rings. The van der Waals surface area contributed by atoms with Crippen molar-refractivity contribution in [1.29, 1.82) is 0 Å². The van der Waals surface area contributed by atoms with Gasteiger partial charge in [0.2, 0.25) is 0 Å². The van der Waals surface area contributed by atoms with Gasteiger partial charge >= 0.3 is 5.97 Å². The molecule has 1 aromatic heterocycles. The topological polar surface area (TPSA) is 47.4 Å². The van der Waals surface area contributed by atoms with Gasteiger partial charge in [-0.25, -0.2) is 0 Å². The molecular formula is C15H24BrN3O2. The number of carbonyl (C=O) groups is 1. The Hall–Kier alpha value is -0.880. The zero-order valence-corrected chi connectivity index (χ0v) is 14.6. The fourth-order valence-electron chi connectivity index (χ4n) is 2.87. The van der Waals surface area contributed by atoms with Crippen LogP contribution < -0.4 is 0 Å². The van der Waals surface area contributed by atoms with Gasteiger partial charge in [0.05, 0.1) is 22.5 Å². The lowest BCUT2D eigenvalue weighted by atomic mass is 10.0. The number of likely N-dealkylation sites (tertiary alicyclic amines) is 1. The number of aromatic nitrogens is 2. The molecule has 1 atom stereocenters. The average molecular weight is 358 g/mol. The molecule has 6 heteroatoms. The summed E-state index contributed by atoms with van der Waals surface area (Å²) in [7, 11) is 1.96. The number of ether oxygens (including phenoxy) is 1. The molecule has 0 bridgehead atoms. The van der Waals surface area contributed by atoms with Crippen LogP contribution in [0.5, 0.6) is 0 Å². The van der Waals surface area contributed by atoms with Crippen LogP contribution in [-0.4, -0.2) is 39.8 Å². The summed E-state index contributed by atoms with van der Waals surface area (Å²) in [6.07, 6.45) is 4.00. The molecule has 21 heavy (non-hydrogen) atoms. The highest BCUT2D eigenvalue weighted by Gasteiger charge is 2.31. The summed E-state index contributed by atoms with van der Waals surface area (Å²) in [5.74, 6) is -0.0915. The fourth-order valence-corrected chi connectivity index (χ4v) is 3.61. The van der Waals surface area contributed by atoms with E-state index in [1.54, 1.807) is 0 Å². The van der Waals surface area contributed by atoms with E-state index in [4.69, 9.17) is 4.74 Å². The van der Waals surface area contributed by atoms with Crippen LogP contribution in [0.4, 0.5) is 0 Å². The molecule has 0 amide bonds. The van der Waals surface area contributed by atoms with Crippen molar-refractivity contribution in [1.82, 2.24) is 14.7 Å². The number of carbonyl (C=O) groups excluding carboxylic acids is 1. The summed E-state index contributed by atoms with van der Waals surface area (Å²) < 4.78 is 8.21. The van der Waals surface area contributed by atoms with Gasteiger partial charge in [-0.2, -0.15) is 5.10 Å². The molecule has 1 fully saturated rings. The van der Waals surface area contributed by atoms with Gasteiger partial charge in [-0.1, -0.05) is 13.3 Å². The third-order valence-electron chi connectivity index (χ3n) is 4.03. The van der Waals surface area contributed by atoms with Crippen molar-refractivity contribution in [3.05, 3.63) is 15.9 Å². The first-order valence-corrected chi connectivity index (χ1v) is 8.48. The first kappa shape index (κ1) is 16.5. The summed E-state index contributed by atoms with van der Waals surface area (Å²) in [4.78, 5) is 14.4. The molecule has 0 N–H and O–H groups in total. The number of piperidine rings is 1. The number of hydrogen-bond donors (Lipinski definition) is 0. The summed E-state index contributed by atoms with van der Waals surface area (Å²) >= 11 is 3.65. The largest absolute Gasteiger partial charge is 0.465 e. The highest BCUT2D eigenvalue weighted by atomic mass is 79.9. The molecule has 1 aliphatic rings. The Kier molecular flexibility index (Phi) is 5.81. The number of esters is 1. The van der Waals surface area contributed by atoms with Gasteiger partial charge in [0.15, 0.2) is 0 Å². The zero-order valence-electron chi connectivity index (χ0n) is 13.1. The molecule has 0 saturated carbocycles. The normalized spacial score (nSPS) is 19.7. The molecule has 0 aromatic carbocycles. The van der Waals surface area contributed by atoms with Crippen LogP contribution in [0.1, 0.15) is 44.5 Å². The molecule has 0 radical (unpaired) electrons. The lowest BCUT2D eigenvalue weighted by Crippen LogP contribution is -2.45. The lowest BCUT2D eigenvalue weighted by Gasteiger charge is -2.33. The van der Waals surface area contributed by atoms with Crippen molar-refractivity contribution in [3.63, 3.8) is 0 Å². The van der Waals surface area contributed by atoms with Crippen LogP contribution >= 0.6 is 15.9 Å². The quantitative estimate of drug-likeness (QED) is 0.760. The highest BCUT2D eigenvalue weighted by molar-refractivity contribution is 9.10. The number of aryl methyl sites for hydroxylation is 2. The Morgan fingerprint density at radius 2 is 2.19 bits per heavy atom. The van der Waals surface area contributed by atoms with Crippen molar-refractivity contribution >= 4 is 21.9 Å². The van der Waals surface area contributed by atoms with E-state index in [9.17, 15) is 4.79 Å². The molecule has 1 unspecified atom stereocenters. The van der Waals surface area contributed by atoms with Crippen LogP contribution in [-0.2, 0) is 29.5 Å². The van der Waals surface area contributed by atoms with E-state index < -0.39 is 0 Å². The second-order valence-electron chi connectivity index (χ2n) is 5.42. The van der Waals surface area contributed by atoms with E-state index in [1.807, 2.05) is 18.7 Å². The first-order chi connectivity index (χ1) is 10.1. The first-order valence-electron chi connectivity index (χ1n) is 7.69. The van der Waals surface area contributed by atoms with E-state index in [0.29, 0.717) is 6.61 Å². The zero-order chi connectivity index (χ0) is 15.4. The smallest absolute Gasteiger partial charge is 0.323 e. The Labute approximate surface area is 134 Å². The van der Waals surface area contributed by atoms with Crippen molar-refractivity contribution in [2.45, 2.75) is 52.1 Å². The maximum Gasteiger partial charge on any atom is 0.323 e. The van der Waals surface area contributed by atoms with Gasteiger partial charge in [0.25, 0.3) is 0 Å². The number of rotatable bonds is 5. The molecule has 1 aliphatic heterocycles. The lowest BCUT2D eigenvalue weighted by molar-refractivity contribution is -0.151. The van der Waals surface area contributed by atoms with Crippen LogP contribution in [0, 0.1) is 0 Å². The Morgan fingerprint density at radius 3 is 2.81 bits per heavy atom. The number of hydrogen-bond acceptors (Lipinski definition) is 4. The minimum Gasteiger partial charge on any atom is -0.465 e. The predicted molar refractivity (Wildman–Crippen MR) is 85.0 cm³/mol. The summed E-state index contributed by atoms with van der Waals surface area (Å²) in [6.45, 7) is 6.06. The highest BCUT2D eigenvalue weighted by Crippen LogP contribution is 2.26. The fraction of sp³-hybridized carbons (Fsp3) is 0.733. The molecule has 118 valence electrons. The van der Waals surface area contributed by atoms with E-state index in [-0.39, 0.29) is 12.0 Å². The van der Waals surface area contributed by atoms with E-state index in [1.165, 1.54) is 0 Å². The summed E-state index contributed by atoms with van der Waals surface area (Å²) in [5, 5.41) is 4.53. The maximum absolute atomic E-state index is 12.1. The molecular weight excluding hydrogens is 334 g/mol. The van der Waals surface area contributed by atoms with Crippen LogP contribution in [0.25, 0.3) is 0 Å². The maximum atomic E-state index is 12.1. The second kappa shape index (κ2) is 7.40. The standard InChI is InChI=1S/C15H24BrN3O2/c1-4-11-14(16)13(18(3)17-11)10-19-9-7-6-8-12(19)15(20)21-5-2/h12H,4-10H2,1-3H3. The molecule has 2 heterocycles. The molecule has 2 rings (SSSR count). The average Bonchev–Trinajstić information content (AvgIpc) is 2.75. The van der Waals surface area contributed by atoms with Gasteiger partial charge in [-0.15, -0.1) is 0 Å². The molecule has 0 spiro atoms. The minimum atomic E-state index is -0.120. The summed E-state index contributed by atoms with van der Waals surface area (Å²) in [5.41, 5.74) is 2.19. The van der Waals surface area contributed by atoms with Crippen LogP contribution in [0.15, 0.2) is 4.47 Å². The monoisotopic (exact) mass is 357 g/mol. The third kappa shape index (κ3) is 3.66.